The van der Waals surface area contributed by atoms with Crippen LogP contribution in [0.4, 0.5) is 8.78 Å². The third-order valence-electron chi connectivity index (χ3n) is 3.07. The van der Waals surface area contributed by atoms with Crippen LogP contribution >= 0.6 is 0 Å². The number of nitrogens with zero attached hydrogens (tertiary/aromatic N) is 1. The Morgan fingerprint density at radius 2 is 1.90 bits per heavy atom. The van der Waals surface area contributed by atoms with Gasteiger partial charge in [0.05, 0.1) is 16.6 Å². The van der Waals surface area contributed by atoms with E-state index in [4.69, 9.17) is 0 Å². The topological polar surface area (TPSA) is 37.9 Å². The summed E-state index contributed by atoms with van der Waals surface area (Å²) in [4.78, 5) is 7.60. The van der Waals surface area contributed by atoms with Gasteiger partial charge in [0.25, 0.3) is 0 Å². The van der Waals surface area contributed by atoms with E-state index in [1.54, 1.807) is 18.2 Å². The third kappa shape index (κ3) is 2.22. The minimum atomic E-state index is -2.86. The highest BCUT2D eigenvalue weighted by molar-refractivity contribution is 5.83. The van der Waals surface area contributed by atoms with Crippen LogP contribution in [0.1, 0.15) is 5.56 Å². The summed E-state index contributed by atoms with van der Waals surface area (Å²) in [6.45, 7) is -0.906. The number of aryl methyl sites for hydroxylation is 1. The van der Waals surface area contributed by atoms with Crippen molar-refractivity contribution >= 4 is 11.0 Å². The van der Waals surface area contributed by atoms with Crippen LogP contribution in [0.25, 0.3) is 22.4 Å². The van der Waals surface area contributed by atoms with E-state index in [1.807, 2.05) is 25.1 Å². The second-order valence-electron chi connectivity index (χ2n) is 4.43. The van der Waals surface area contributed by atoms with Crippen LogP contribution in [0.5, 0.6) is 5.75 Å². The molecule has 0 radical (unpaired) electrons. The molecule has 5 heteroatoms. The molecule has 0 aliphatic carbocycles. The smallest absolute Gasteiger partial charge is 0.387 e. The Morgan fingerprint density at radius 3 is 2.65 bits per heavy atom. The SMILES string of the molecule is Cc1cccc2[nH]c(-c3ccccc3OC(F)F)nc12. The van der Waals surface area contributed by atoms with Crippen LogP contribution in [0.3, 0.4) is 0 Å². The number of hydrogen-bond acceptors (Lipinski definition) is 2. The molecule has 20 heavy (non-hydrogen) atoms. The highest BCUT2D eigenvalue weighted by Crippen LogP contribution is 2.30. The summed E-state index contributed by atoms with van der Waals surface area (Å²) in [5.41, 5.74) is 3.24. The lowest BCUT2D eigenvalue weighted by molar-refractivity contribution is -0.0494. The molecule has 1 heterocycles. The summed E-state index contributed by atoms with van der Waals surface area (Å²) in [5.74, 6) is 0.629. The Morgan fingerprint density at radius 1 is 1.10 bits per heavy atom. The van der Waals surface area contributed by atoms with Gasteiger partial charge in [0.1, 0.15) is 11.6 Å². The number of hydrogen-bond donors (Lipinski definition) is 1. The fraction of sp³-hybridized carbons (Fsp3) is 0.133. The number of ether oxygens (including phenoxy) is 1. The van der Waals surface area contributed by atoms with Gasteiger partial charge in [-0.25, -0.2) is 4.98 Å². The van der Waals surface area contributed by atoms with Crippen LogP contribution in [0.15, 0.2) is 42.5 Å². The number of imidazole rings is 1. The van der Waals surface area contributed by atoms with Crippen molar-refractivity contribution in [2.24, 2.45) is 0 Å². The van der Waals surface area contributed by atoms with E-state index in [2.05, 4.69) is 14.7 Å². The Labute approximate surface area is 114 Å². The largest absolute Gasteiger partial charge is 0.434 e. The molecule has 0 unspecified atom stereocenters. The molecule has 3 nitrogen and oxygen atoms in total. The third-order valence-corrected chi connectivity index (χ3v) is 3.07. The summed E-state index contributed by atoms with van der Waals surface area (Å²) in [6.07, 6.45) is 0. The van der Waals surface area contributed by atoms with Gasteiger partial charge < -0.3 is 9.72 Å². The maximum atomic E-state index is 12.4. The van der Waals surface area contributed by atoms with E-state index >= 15 is 0 Å². The first-order valence-corrected chi connectivity index (χ1v) is 6.14. The molecule has 0 spiro atoms. The maximum absolute atomic E-state index is 12.4. The molecule has 3 rings (SSSR count). The van der Waals surface area contributed by atoms with Gasteiger partial charge in [0.2, 0.25) is 0 Å². The Hall–Kier alpha value is -2.43. The molecule has 3 aromatic rings. The number of nitrogens with one attached hydrogen (secondary N) is 1. The summed E-state index contributed by atoms with van der Waals surface area (Å²) >= 11 is 0. The van der Waals surface area contributed by atoms with Crippen molar-refractivity contribution in [1.82, 2.24) is 9.97 Å². The summed E-state index contributed by atoms with van der Waals surface area (Å²) < 4.78 is 29.4. The normalized spacial score (nSPS) is 11.2. The predicted octanol–water partition coefficient (Wildman–Crippen LogP) is 4.14. The fourth-order valence-corrected chi connectivity index (χ4v) is 2.16. The highest BCUT2D eigenvalue weighted by atomic mass is 19.3. The van der Waals surface area contributed by atoms with Crippen LogP contribution in [0, 0.1) is 6.92 Å². The maximum Gasteiger partial charge on any atom is 0.387 e. The number of rotatable bonds is 3. The van der Waals surface area contributed by atoms with Gasteiger partial charge in [-0.15, -0.1) is 0 Å². The second-order valence-corrected chi connectivity index (χ2v) is 4.43. The van der Waals surface area contributed by atoms with Crippen LogP contribution < -0.4 is 4.74 Å². The lowest BCUT2D eigenvalue weighted by Gasteiger charge is -2.08. The van der Waals surface area contributed by atoms with Gasteiger partial charge in [0, 0.05) is 0 Å². The monoisotopic (exact) mass is 274 g/mol. The molecule has 0 atom stereocenters. The van der Waals surface area contributed by atoms with E-state index in [0.717, 1.165) is 16.6 Å². The lowest BCUT2D eigenvalue weighted by atomic mass is 10.2. The van der Waals surface area contributed by atoms with Gasteiger partial charge in [-0.1, -0.05) is 24.3 Å². The first-order chi connectivity index (χ1) is 9.65. The van der Waals surface area contributed by atoms with Crippen molar-refractivity contribution in [3.8, 4) is 17.1 Å². The summed E-state index contributed by atoms with van der Waals surface area (Å²) in [5, 5.41) is 0. The number of aromatic nitrogens is 2. The van der Waals surface area contributed by atoms with E-state index < -0.39 is 6.61 Å². The Kier molecular flexibility index (Phi) is 3.10. The number of aromatic amines is 1. The van der Waals surface area contributed by atoms with Crippen molar-refractivity contribution in [3.63, 3.8) is 0 Å². The average Bonchev–Trinajstić information content (AvgIpc) is 2.84. The second kappa shape index (κ2) is 4.92. The van der Waals surface area contributed by atoms with E-state index in [1.165, 1.54) is 6.07 Å². The summed E-state index contributed by atoms with van der Waals surface area (Å²) in [7, 11) is 0. The van der Waals surface area contributed by atoms with Gasteiger partial charge >= 0.3 is 6.61 Å². The zero-order chi connectivity index (χ0) is 14.1. The molecule has 2 aromatic carbocycles. The molecular weight excluding hydrogens is 262 g/mol. The number of benzene rings is 2. The number of H-pyrrole nitrogens is 1. The highest BCUT2D eigenvalue weighted by Gasteiger charge is 2.14. The first-order valence-electron chi connectivity index (χ1n) is 6.14. The number of alkyl halides is 2. The van der Waals surface area contributed by atoms with Crippen molar-refractivity contribution < 1.29 is 13.5 Å². The van der Waals surface area contributed by atoms with Crippen molar-refractivity contribution in [3.05, 3.63) is 48.0 Å². The van der Waals surface area contributed by atoms with Gasteiger partial charge in [0.15, 0.2) is 0 Å². The number of halogens is 2. The molecule has 0 aliphatic rings. The lowest BCUT2D eigenvalue weighted by Crippen LogP contribution is -2.03. The standard InChI is InChI=1S/C15H12F2N2O/c1-9-5-4-7-11-13(9)19-14(18-11)10-6-2-3-8-12(10)20-15(16)17/h2-8,15H,1H3,(H,18,19). The Bertz CT molecular complexity index is 752. The molecule has 1 N–H and O–H groups in total. The molecular formula is C15H12F2N2O. The first kappa shape index (κ1) is 12.6. The van der Waals surface area contributed by atoms with Crippen molar-refractivity contribution in [2.75, 3.05) is 0 Å². The fourth-order valence-electron chi connectivity index (χ4n) is 2.16. The number of fused-ring (bicyclic) bond motifs is 1. The van der Waals surface area contributed by atoms with Gasteiger partial charge in [-0.2, -0.15) is 8.78 Å². The van der Waals surface area contributed by atoms with Gasteiger partial charge in [-0.3, -0.25) is 0 Å². The summed E-state index contributed by atoms with van der Waals surface area (Å²) in [6, 6.07) is 12.4. The van der Waals surface area contributed by atoms with E-state index in [9.17, 15) is 8.78 Å². The minimum Gasteiger partial charge on any atom is -0.434 e. The predicted molar refractivity (Wildman–Crippen MR) is 72.9 cm³/mol. The van der Waals surface area contributed by atoms with Crippen molar-refractivity contribution in [1.29, 1.82) is 0 Å². The van der Waals surface area contributed by atoms with Crippen LogP contribution in [0.2, 0.25) is 0 Å². The quantitative estimate of drug-likeness (QED) is 0.779. The zero-order valence-electron chi connectivity index (χ0n) is 10.7. The molecule has 0 fully saturated rings. The Balaban J connectivity index is 2.13. The molecule has 102 valence electrons. The molecule has 0 bridgehead atoms. The number of para-hydroxylation sites is 2. The molecule has 0 saturated carbocycles. The zero-order valence-corrected chi connectivity index (χ0v) is 10.7. The molecule has 0 amide bonds. The average molecular weight is 274 g/mol. The van der Waals surface area contributed by atoms with Crippen LogP contribution in [-0.2, 0) is 0 Å². The molecule has 0 saturated heterocycles. The minimum absolute atomic E-state index is 0.110. The van der Waals surface area contributed by atoms with E-state index in [0.29, 0.717) is 11.4 Å². The molecule has 0 aliphatic heterocycles. The van der Waals surface area contributed by atoms with Gasteiger partial charge in [-0.05, 0) is 30.7 Å². The van der Waals surface area contributed by atoms with Crippen LogP contribution in [-0.4, -0.2) is 16.6 Å². The van der Waals surface area contributed by atoms with Crippen molar-refractivity contribution in [2.45, 2.75) is 13.5 Å². The molecule has 1 aromatic heterocycles. The van der Waals surface area contributed by atoms with E-state index in [-0.39, 0.29) is 5.75 Å².